The molecule has 4 rings (SSSR count). The van der Waals surface area contributed by atoms with Crippen molar-refractivity contribution >= 4 is 23.1 Å². The van der Waals surface area contributed by atoms with E-state index in [1.807, 2.05) is 51.1 Å². The normalized spacial score (nSPS) is 15.6. The Balaban J connectivity index is 1.60. The minimum Gasteiger partial charge on any atom is -0.491 e. The standard InChI is InChI=1S/C23H26N4O/c1-15(2)28-20-11-9-19(10-12-20)25-22-13-16(3)24-23(26-22)27-17(4)14-18-7-5-6-8-21(18)27/h5-13,15,17H,14H2,1-4H3,(H,24,25,26). The predicted octanol–water partition coefficient (Wildman–Crippen LogP) is 5.40. The van der Waals surface area contributed by atoms with E-state index in [0.29, 0.717) is 6.04 Å². The van der Waals surface area contributed by atoms with Crippen molar-refractivity contribution < 1.29 is 4.74 Å². The summed E-state index contributed by atoms with van der Waals surface area (Å²) in [5, 5.41) is 3.39. The Hall–Kier alpha value is -3.08. The Morgan fingerprint density at radius 1 is 1.07 bits per heavy atom. The van der Waals surface area contributed by atoms with E-state index in [0.717, 1.165) is 35.3 Å². The zero-order valence-electron chi connectivity index (χ0n) is 16.8. The number of anilines is 4. The molecular formula is C23H26N4O. The minimum absolute atomic E-state index is 0.163. The molecule has 5 nitrogen and oxygen atoms in total. The molecule has 1 unspecified atom stereocenters. The molecule has 0 fully saturated rings. The third-order valence-corrected chi connectivity index (χ3v) is 4.76. The lowest BCUT2D eigenvalue weighted by molar-refractivity contribution is 0.242. The van der Waals surface area contributed by atoms with Gasteiger partial charge in [0.05, 0.1) is 6.10 Å². The smallest absolute Gasteiger partial charge is 0.232 e. The van der Waals surface area contributed by atoms with Crippen LogP contribution in [-0.2, 0) is 6.42 Å². The first-order valence-electron chi connectivity index (χ1n) is 9.76. The Morgan fingerprint density at radius 3 is 2.57 bits per heavy atom. The summed E-state index contributed by atoms with van der Waals surface area (Å²) >= 11 is 0. The van der Waals surface area contributed by atoms with Crippen LogP contribution in [0, 0.1) is 6.92 Å². The van der Waals surface area contributed by atoms with E-state index in [-0.39, 0.29) is 6.10 Å². The van der Waals surface area contributed by atoms with E-state index in [4.69, 9.17) is 14.7 Å². The van der Waals surface area contributed by atoms with E-state index in [1.165, 1.54) is 11.3 Å². The first-order chi connectivity index (χ1) is 13.5. The Morgan fingerprint density at radius 2 is 1.82 bits per heavy atom. The summed E-state index contributed by atoms with van der Waals surface area (Å²) in [5.74, 6) is 2.39. The van der Waals surface area contributed by atoms with Gasteiger partial charge in [-0.05, 0) is 70.0 Å². The molecular weight excluding hydrogens is 348 g/mol. The number of benzene rings is 2. The summed E-state index contributed by atoms with van der Waals surface area (Å²) in [4.78, 5) is 11.7. The quantitative estimate of drug-likeness (QED) is 0.648. The fourth-order valence-corrected chi connectivity index (χ4v) is 3.63. The van der Waals surface area contributed by atoms with Crippen molar-refractivity contribution in [3.05, 3.63) is 65.9 Å². The zero-order valence-corrected chi connectivity index (χ0v) is 16.8. The van der Waals surface area contributed by atoms with Crippen LogP contribution in [0.15, 0.2) is 54.6 Å². The third-order valence-electron chi connectivity index (χ3n) is 4.76. The molecule has 1 N–H and O–H groups in total. The number of nitrogens with one attached hydrogen (secondary N) is 1. The highest BCUT2D eigenvalue weighted by molar-refractivity contribution is 5.68. The van der Waals surface area contributed by atoms with Gasteiger partial charge in [0.2, 0.25) is 5.95 Å². The fourth-order valence-electron chi connectivity index (χ4n) is 3.63. The van der Waals surface area contributed by atoms with Crippen LogP contribution in [0.3, 0.4) is 0 Å². The van der Waals surface area contributed by atoms with E-state index >= 15 is 0 Å². The molecule has 0 saturated carbocycles. The molecule has 3 aromatic rings. The van der Waals surface area contributed by atoms with Crippen molar-refractivity contribution in [1.82, 2.24) is 9.97 Å². The van der Waals surface area contributed by atoms with Crippen molar-refractivity contribution in [2.75, 3.05) is 10.2 Å². The number of aryl methyl sites for hydroxylation is 1. The second-order valence-corrected chi connectivity index (χ2v) is 7.56. The molecule has 2 heterocycles. The second kappa shape index (κ2) is 7.50. The van der Waals surface area contributed by atoms with Gasteiger partial charge < -0.3 is 15.0 Å². The molecule has 28 heavy (non-hydrogen) atoms. The molecule has 1 aliphatic rings. The number of hydrogen-bond donors (Lipinski definition) is 1. The Labute approximate surface area is 166 Å². The third kappa shape index (κ3) is 3.79. The van der Waals surface area contributed by atoms with Crippen LogP contribution in [0.1, 0.15) is 32.0 Å². The lowest BCUT2D eigenvalue weighted by Gasteiger charge is -2.23. The highest BCUT2D eigenvalue weighted by Gasteiger charge is 2.29. The summed E-state index contributed by atoms with van der Waals surface area (Å²) in [6, 6.07) is 18.7. The van der Waals surface area contributed by atoms with Gasteiger partial charge in [-0.2, -0.15) is 4.98 Å². The summed E-state index contributed by atoms with van der Waals surface area (Å²) < 4.78 is 5.71. The van der Waals surface area contributed by atoms with Crippen molar-refractivity contribution in [2.24, 2.45) is 0 Å². The Bertz CT molecular complexity index is 969. The maximum Gasteiger partial charge on any atom is 0.232 e. The van der Waals surface area contributed by atoms with Crippen LogP contribution in [0.4, 0.5) is 23.1 Å². The van der Waals surface area contributed by atoms with Crippen LogP contribution in [0.2, 0.25) is 0 Å². The highest BCUT2D eigenvalue weighted by atomic mass is 16.5. The molecule has 2 aromatic carbocycles. The average molecular weight is 374 g/mol. The number of aromatic nitrogens is 2. The largest absolute Gasteiger partial charge is 0.491 e. The van der Waals surface area contributed by atoms with Crippen molar-refractivity contribution in [3.8, 4) is 5.75 Å². The van der Waals surface area contributed by atoms with Crippen molar-refractivity contribution in [2.45, 2.75) is 46.3 Å². The number of fused-ring (bicyclic) bond motifs is 1. The predicted molar refractivity (Wildman–Crippen MR) is 114 cm³/mol. The minimum atomic E-state index is 0.163. The van der Waals surface area contributed by atoms with Gasteiger partial charge >= 0.3 is 0 Å². The molecule has 1 atom stereocenters. The maximum absolute atomic E-state index is 5.71. The SMILES string of the molecule is Cc1cc(Nc2ccc(OC(C)C)cc2)nc(N2c3ccccc3CC2C)n1. The molecule has 0 bridgehead atoms. The topological polar surface area (TPSA) is 50.3 Å². The summed E-state index contributed by atoms with van der Waals surface area (Å²) in [5.41, 5.74) is 4.44. The van der Waals surface area contributed by atoms with Gasteiger partial charge in [0.15, 0.2) is 0 Å². The molecule has 144 valence electrons. The van der Waals surface area contributed by atoms with Gasteiger partial charge in [-0.15, -0.1) is 0 Å². The maximum atomic E-state index is 5.71. The van der Waals surface area contributed by atoms with Crippen LogP contribution >= 0.6 is 0 Å². The number of hydrogen-bond acceptors (Lipinski definition) is 5. The van der Waals surface area contributed by atoms with Gasteiger partial charge in [-0.1, -0.05) is 18.2 Å². The fraction of sp³-hybridized carbons (Fsp3) is 0.304. The van der Waals surface area contributed by atoms with Crippen molar-refractivity contribution in [1.29, 1.82) is 0 Å². The van der Waals surface area contributed by atoms with E-state index in [9.17, 15) is 0 Å². The van der Waals surface area contributed by atoms with Gasteiger partial charge in [0.25, 0.3) is 0 Å². The van der Waals surface area contributed by atoms with Crippen molar-refractivity contribution in [3.63, 3.8) is 0 Å². The van der Waals surface area contributed by atoms with E-state index in [1.54, 1.807) is 0 Å². The summed E-state index contributed by atoms with van der Waals surface area (Å²) in [7, 11) is 0. The molecule has 0 amide bonds. The highest BCUT2D eigenvalue weighted by Crippen LogP contribution is 2.37. The molecule has 0 saturated heterocycles. The van der Waals surface area contributed by atoms with Gasteiger partial charge in [0.1, 0.15) is 11.6 Å². The van der Waals surface area contributed by atoms with E-state index < -0.39 is 0 Å². The molecule has 0 aliphatic carbocycles. The van der Waals surface area contributed by atoms with Crippen LogP contribution in [0.5, 0.6) is 5.75 Å². The number of nitrogens with zero attached hydrogens (tertiary/aromatic N) is 3. The number of ether oxygens (including phenoxy) is 1. The summed E-state index contributed by atoms with van der Waals surface area (Å²) in [6.07, 6.45) is 1.17. The second-order valence-electron chi connectivity index (χ2n) is 7.56. The first-order valence-corrected chi connectivity index (χ1v) is 9.76. The van der Waals surface area contributed by atoms with Gasteiger partial charge in [0, 0.05) is 29.2 Å². The van der Waals surface area contributed by atoms with E-state index in [2.05, 4.69) is 41.4 Å². The first kappa shape index (κ1) is 18.3. The molecule has 0 radical (unpaired) electrons. The zero-order chi connectivity index (χ0) is 19.7. The number of para-hydroxylation sites is 1. The van der Waals surface area contributed by atoms with Crippen LogP contribution in [0.25, 0.3) is 0 Å². The average Bonchev–Trinajstić information content (AvgIpc) is 2.98. The molecule has 5 heteroatoms. The summed E-state index contributed by atoms with van der Waals surface area (Å²) in [6.45, 7) is 8.26. The van der Waals surface area contributed by atoms with Gasteiger partial charge in [-0.25, -0.2) is 4.98 Å². The monoisotopic (exact) mass is 374 g/mol. The lowest BCUT2D eigenvalue weighted by atomic mass is 10.1. The van der Waals surface area contributed by atoms with Crippen LogP contribution < -0.4 is 15.0 Å². The van der Waals surface area contributed by atoms with Gasteiger partial charge in [-0.3, -0.25) is 0 Å². The van der Waals surface area contributed by atoms with Crippen LogP contribution in [-0.4, -0.2) is 22.1 Å². The molecule has 0 spiro atoms. The molecule has 1 aromatic heterocycles. The lowest BCUT2D eigenvalue weighted by Crippen LogP contribution is -2.26. The Kier molecular flexibility index (Phi) is 4.90. The molecule has 1 aliphatic heterocycles. The number of rotatable bonds is 5.